The minimum atomic E-state index is -0.393. The van der Waals surface area contributed by atoms with Crippen molar-refractivity contribution >= 4 is 21.7 Å². The maximum atomic E-state index is 11.9. The van der Waals surface area contributed by atoms with Crippen molar-refractivity contribution in [1.82, 2.24) is 4.90 Å². The lowest BCUT2D eigenvalue weighted by molar-refractivity contribution is 0.156. The molecule has 1 heterocycles. The highest BCUT2D eigenvalue weighted by Crippen LogP contribution is 2.28. The van der Waals surface area contributed by atoms with Crippen LogP contribution in [0.15, 0.2) is 51.7 Å². The zero-order valence-corrected chi connectivity index (χ0v) is 12.7. The van der Waals surface area contributed by atoms with E-state index in [-0.39, 0.29) is 13.2 Å². The third-order valence-corrected chi connectivity index (χ3v) is 3.94. The Bertz CT molecular complexity index is 866. The van der Waals surface area contributed by atoms with E-state index < -0.39 is 5.63 Å². The fourth-order valence-electron chi connectivity index (χ4n) is 2.94. The second kappa shape index (κ2) is 6.91. The van der Waals surface area contributed by atoms with Crippen LogP contribution in [0.4, 0.5) is 0 Å². The topological polar surface area (TPSA) is 73.9 Å². The lowest BCUT2D eigenvalue weighted by Crippen LogP contribution is -2.29. The Balaban J connectivity index is 2.17. The Morgan fingerprint density at radius 2 is 1.74 bits per heavy atom. The van der Waals surface area contributed by atoms with Crippen molar-refractivity contribution in [2.24, 2.45) is 0 Å². The summed E-state index contributed by atoms with van der Waals surface area (Å²) in [5.74, 6) is 0. The highest BCUT2D eigenvalue weighted by Gasteiger charge is 2.13. The van der Waals surface area contributed by atoms with Gasteiger partial charge in [0.1, 0.15) is 5.58 Å². The first kappa shape index (κ1) is 15.7. The van der Waals surface area contributed by atoms with Crippen LogP contribution in [0.25, 0.3) is 21.7 Å². The first-order chi connectivity index (χ1) is 11.2. The molecule has 1 aromatic heterocycles. The average Bonchev–Trinajstić information content (AvgIpc) is 2.54. The molecule has 0 fully saturated rings. The van der Waals surface area contributed by atoms with Gasteiger partial charge < -0.3 is 14.6 Å². The van der Waals surface area contributed by atoms with Crippen LogP contribution in [0.3, 0.4) is 0 Å². The molecule has 5 heteroatoms. The van der Waals surface area contributed by atoms with Gasteiger partial charge in [-0.2, -0.15) is 0 Å². The van der Waals surface area contributed by atoms with Crippen molar-refractivity contribution in [3.8, 4) is 0 Å². The van der Waals surface area contributed by atoms with E-state index in [9.17, 15) is 15.0 Å². The summed E-state index contributed by atoms with van der Waals surface area (Å²) >= 11 is 0. The molecule has 0 bridgehead atoms. The normalized spacial score (nSPS) is 11.6. The lowest BCUT2D eigenvalue weighted by atomic mass is 10.0. The Morgan fingerprint density at radius 1 is 1.00 bits per heavy atom. The van der Waals surface area contributed by atoms with Gasteiger partial charge in [0.05, 0.1) is 13.2 Å². The molecule has 23 heavy (non-hydrogen) atoms. The molecule has 3 rings (SSSR count). The monoisotopic (exact) mass is 313 g/mol. The zero-order valence-electron chi connectivity index (χ0n) is 12.7. The number of hydrogen-bond acceptors (Lipinski definition) is 5. The van der Waals surface area contributed by atoms with Crippen LogP contribution in [0.5, 0.6) is 0 Å². The smallest absolute Gasteiger partial charge is 0.336 e. The fourth-order valence-corrected chi connectivity index (χ4v) is 2.94. The standard InChI is InChI=1S/C18H19NO4/c20-9-7-19(8-10-21)12-14-11-17(22)23-16-6-5-13-3-1-2-4-15(13)18(14)16/h1-6,11,20-21H,7-10,12H2. The van der Waals surface area contributed by atoms with Crippen molar-refractivity contribution in [3.05, 3.63) is 58.4 Å². The molecule has 0 aliphatic heterocycles. The number of benzene rings is 2. The molecular weight excluding hydrogens is 294 g/mol. The minimum Gasteiger partial charge on any atom is -0.423 e. The molecule has 2 N–H and O–H groups in total. The number of nitrogens with zero attached hydrogens (tertiary/aromatic N) is 1. The summed E-state index contributed by atoms with van der Waals surface area (Å²) in [4.78, 5) is 13.8. The van der Waals surface area contributed by atoms with Gasteiger partial charge in [-0.3, -0.25) is 4.90 Å². The van der Waals surface area contributed by atoms with Crippen LogP contribution in [-0.4, -0.2) is 41.4 Å². The van der Waals surface area contributed by atoms with E-state index in [1.165, 1.54) is 6.07 Å². The molecule has 0 unspecified atom stereocenters. The first-order valence-electron chi connectivity index (χ1n) is 7.61. The molecule has 0 saturated heterocycles. The largest absolute Gasteiger partial charge is 0.423 e. The van der Waals surface area contributed by atoms with Crippen molar-refractivity contribution in [2.45, 2.75) is 6.54 Å². The third-order valence-electron chi connectivity index (χ3n) is 3.94. The van der Waals surface area contributed by atoms with Gasteiger partial charge in [-0.25, -0.2) is 4.79 Å². The van der Waals surface area contributed by atoms with Gasteiger partial charge in [-0.05, 0) is 22.4 Å². The fraction of sp³-hybridized carbons (Fsp3) is 0.278. The molecule has 3 aromatic rings. The maximum absolute atomic E-state index is 11.9. The summed E-state index contributed by atoms with van der Waals surface area (Å²) in [6, 6.07) is 13.2. The summed E-state index contributed by atoms with van der Waals surface area (Å²) in [7, 11) is 0. The van der Waals surface area contributed by atoms with Crippen LogP contribution >= 0.6 is 0 Å². The molecule has 120 valence electrons. The highest BCUT2D eigenvalue weighted by atomic mass is 16.4. The molecule has 0 saturated carbocycles. The summed E-state index contributed by atoms with van der Waals surface area (Å²) in [5, 5.41) is 21.4. The van der Waals surface area contributed by atoms with Gasteiger partial charge >= 0.3 is 5.63 Å². The van der Waals surface area contributed by atoms with Gasteiger partial charge in [-0.1, -0.05) is 30.3 Å². The molecule has 5 nitrogen and oxygen atoms in total. The SMILES string of the molecule is O=c1cc(CN(CCO)CCO)c2c(ccc3ccccc32)o1. The predicted octanol–water partition coefficient (Wildman–Crippen LogP) is 1.73. The summed E-state index contributed by atoms with van der Waals surface area (Å²) in [6.07, 6.45) is 0. The maximum Gasteiger partial charge on any atom is 0.336 e. The van der Waals surface area contributed by atoms with Crippen LogP contribution in [0.1, 0.15) is 5.56 Å². The average molecular weight is 313 g/mol. The molecule has 0 spiro atoms. The molecule has 0 aliphatic rings. The van der Waals surface area contributed by atoms with Crippen LogP contribution in [0.2, 0.25) is 0 Å². The van der Waals surface area contributed by atoms with Crippen molar-refractivity contribution in [1.29, 1.82) is 0 Å². The van der Waals surface area contributed by atoms with E-state index in [2.05, 4.69) is 0 Å². The summed E-state index contributed by atoms with van der Waals surface area (Å²) in [5.41, 5.74) is 1.00. The van der Waals surface area contributed by atoms with Crippen molar-refractivity contribution < 1.29 is 14.6 Å². The van der Waals surface area contributed by atoms with E-state index >= 15 is 0 Å². The quantitative estimate of drug-likeness (QED) is 0.535. The second-order valence-corrected chi connectivity index (χ2v) is 5.47. The molecule has 2 aromatic carbocycles. The number of fused-ring (bicyclic) bond motifs is 3. The summed E-state index contributed by atoms with van der Waals surface area (Å²) in [6.45, 7) is 1.34. The van der Waals surface area contributed by atoms with Gasteiger partial charge in [-0.15, -0.1) is 0 Å². The molecule has 0 amide bonds. The van der Waals surface area contributed by atoms with E-state index in [1.54, 1.807) is 0 Å². The lowest BCUT2D eigenvalue weighted by Gasteiger charge is -2.21. The highest BCUT2D eigenvalue weighted by molar-refractivity contribution is 6.07. The minimum absolute atomic E-state index is 0.000120. The number of hydrogen-bond donors (Lipinski definition) is 2. The van der Waals surface area contributed by atoms with Gasteiger partial charge in [0, 0.05) is 31.1 Å². The van der Waals surface area contributed by atoms with Crippen molar-refractivity contribution in [3.63, 3.8) is 0 Å². The Morgan fingerprint density at radius 3 is 2.48 bits per heavy atom. The Labute approximate surface area is 133 Å². The van der Waals surface area contributed by atoms with E-state index in [1.807, 2.05) is 41.3 Å². The van der Waals surface area contributed by atoms with E-state index in [0.717, 1.165) is 21.7 Å². The summed E-state index contributed by atoms with van der Waals surface area (Å²) < 4.78 is 5.34. The molecule has 0 radical (unpaired) electrons. The van der Waals surface area contributed by atoms with Crippen molar-refractivity contribution in [2.75, 3.05) is 26.3 Å². The molecule has 0 aliphatic carbocycles. The van der Waals surface area contributed by atoms with Crippen LogP contribution < -0.4 is 5.63 Å². The van der Waals surface area contributed by atoms with Gasteiger partial charge in [0.2, 0.25) is 0 Å². The number of rotatable bonds is 6. The van der Waals surface area contributed by atoms with E-state index in [0.29, 0.717) is 25.2 Å². The predicted molar refractivity (Wildman–Crippen MR) is 89.4 cm³/mol. The van der Waals surface area contributed by atoms with Crippen LogP contribution in [0, 0.1) is 0 Å². The first-order valence-corrected chi connectivity index (χ1v) is 7.61. The zero-order chi connectivity index (χ0) is 16.2. The second-order valence-electron chi connectivity index (χ2n) is 5.47. The molecule has 0 atom stereocenters. The third kappa shape index (κ3) is 3.27. The number of aliphatic hydroxyl groups excluding tert-OH is 2. The number of aliphatic hydroxyl groups is 2. The van der Waals surface area contributed by atoms with Gasteiger partial charge in [0.25, 0.3) is 0 Å². The molecular formula is C18H19NO4. The Kier molecular flexibility index (Phi) is 4.71. The Hall–Kier alpha value is -2.21. The van der Waals surface area contributed by atoms with Gasteiger partial charge in [0.15, 0.2) is 0 Å². The van der Waals surface area contributed by atoms with E-state index in [4.69, 9.17) is 4.42 Å². The van der Waals surface area contributed by atoms with Crippen LogP contribution in [-0.2, 0) is 6.54 Å².